The van der Waals surface area contributed by atoms with Gasteiger partial charge < -0.3 is 14.0 Å². The highest BCUT2D eigenvalue weighted by atomic mass is 79.9. The minimum Gasteiger partial charge on any atom is -0.496 e. The summed E-state index contributed by atoms with van der Waals surface area (Å²) in [5.41, 5.74) is 1.54. The summed E-state index contributed by atoms with van der Waals surface area (Å²) in [6, 6.07) is 5.45. The molecule has 16 heavy (non-hydrogen) atoms. The standard InChI is InChI=1S/C11H10BrNO3/c1-14-10-6-8(12)11(15-2)5-7(10)9-3-4-16-13-9/h3-6H,1-2H3. The van der Waals surface area contributed by atoms with Crippen molar-refractivity contribution in [2.75, 3.05) is 14.2 Å². The minimum absolute atomic E-state index is 0.710. The summed E-state index contributed by atoms with van der Waals surface area (Å²) in [6.45, 7) is 0. The minimum atomic E-state index is 0.710. The van der Waals surface area contributed by atoms with E-state index < -0.39 is 0 Å². The molecule has 1 aromatic heterocycles. The monoisotopic (exact) mass is 283 g/mol. The molecule has 0 saturated carbocycles. The number of methoxy groups -OCH3 is 2. The molecule has 0 unspecified atom stereocenters. The number of aromatic nitrogens is 1. The summed E-state index contributed by atoms with van der Waals surface area (Å²) < 4.78 is 16.2. The van der Waals surface area contributed by atoms with E-state index in [9.17, 15) is 0 Å². The van der Waals surface area contributed by atoms with Crippen molar-refractivity contribution in [1.29, 1.82) is 0 Å². The van der Waals surface area contributed by atoms with Crippen LogP contribution in [0.5, 0.6) is 11.5 Å². The Hall–Kier alpha value is -1.49. The largest absolute Gasteiger partial charge is 0.496 e. The van der Waals surface area contributed by atoms with Crippen LogP contribution < -0.4 is 9.47 Å². The second kappa shape index (κ2) is 4.57. The normalized spacial score (nSPS) is 10.2. The first-order valence-electron chi connectivity index (χ1n) is 4.58. The lowest BCUT2D eigenvalue weighted by Crippen LogP contribution is -1.91. The van der Waals surface area contributed by atoms with Gasteiger partial charge in [0.15, 0.2) is 0 Å². The third kappa shape index (κ3) is 1.90. The van der Waals surface area contributed by atoms with Crippen molar-refractivity contribution < 1.29 is 14.0 Å². The quantitative estimate of drug-likeness (QED) is 0.868. The fourth-order valence-electron chi connectivity index (χ4n) is 1.41. The molecular weight excluding hydrogens is 274 g/mol. The summed E-state index contributed by atoms with van der Waals surface area (Å²) >= 11 is 3.40. The van der Waals surface area contributed by atoms with E-state index in [0.29, 0.717) is 11.4 Å². The average Bonchev–Trinajstić information content (AvgIpc) is 2.82. The molecule has 2 rings (SSSR count). The van der Waals surface area contributed by atoms with Crippen LogP contribution in [-0.4, -0.2) is 19.4 Å². The predicted octanol–water partition coefficient (Wildman–Crippen LogP) is 3.12. The van der Waals surface area contributed by atoms with Gasteiger partial charge in [0.2, 0.25) is 0 Å². The van der Waals surface area contributed by atoms with E-state index in [-0.39, 0.29) is 0 Å². The number of hydrogen-bond donors (Lipinski definition) is 0. The molecule has 4 nitrogen and oxygen atoms in total. The van der Waals surface area contributed by atoms with Gasteiger partial charge in [0, 0.05) is 11.6 Å². The highest BCUT2D eigenvalue weighted by molar-refractivity contribution is 9.10. The molecule has 2 aromatic rings. The van der Waals surface area contributed by atoms with Gasteiger partial charge in [0.1, 0.15) is 23.5 Å². The van der Waals surface area contributed by atoms with Crippen LogP contribution in [0.4, 0.5) is 0 Å². The highest BCUT2D eigenvalue weighted by Gasteiger charge is 2.13. The molecule has 1 heterocycles. The molecule has 0 fully saturated rings. The van der Waals surface area contributed by atoms with Crippen molar-refractivity contribution in [3.63, 3.8) is 0 Å². The molecule has 84 valence electrons. The van der Waals surface area contributed by atoms with Gasteiger partial charge in [-0.3, -0.25) is 0 Å². The van der Waals surface area contributed by atoms with E-state index in [1.54, 1.807) is 20.3 Å². The number of halogens is 1. The third-order valence-electron chi connectivity index (χ3n) is 2.19. The molecule has 0 aliphatic rings. The van der Waals surface area contributed by atoms with Gasteiger partial charge in [-0.05, 0) is 28.1 Å². The zero-order valence-corrected chi connectivity index (χ0v) is 10.4. The maximum Gasteiger partial charge on any atom is 0.133 e. The highest BCUT2D eigenvalue weighted by Crippen LogP contribution is 2.37. The Morgan fingerprint density at radius 1 is 1.19 bits per heavy atom. The Morgan fingerprint density at radius 2 is 1.94 bits per heavy atom. The van der Waals surface area contributed by atoms with Crippen LogP contribution in [0.2, 0.25) is 0 Å². The van der Waals surface area contributed by atoms with Crippen LogP contribution in [0.25, 0.3) is 11.3 Å². The lowest BCUT2D eigenvalue weighted by molar-refractivity contribution is 0.400. The third-order valence-corrected chi connectivity index (χ3v) is 2.81. The number of nitrogens with zero attached hydrogens (tertiary/aromatic N) is 1. The summed E-state index contributed by atoms with van der Waals surface area (Å²) in [7, 11) is 3.22. The summed E-state index contributed by atoms with van der Waals surface area (Å²) in [5, 5.41) is 3.87. The van der Waals surface area contributed by atoms with Gasteiger partial charge in [-0.15, -0.1) is 0 Å². The van der Waals surface area contributed by atoms with Crippen molar-refractivity contribution in [2.24, 2.45) is 0 Å². The lowest BCUT2D eigenvalue weighted by Gasteiger charge is -2.10. The molecule has 0 bridgehead atoms. The van der Waals surface area contributed by atoms with Crippen LogP contribution in [0.1, 0.15) is 0 Å². The fourth-order valence-corrected chi connectivity index (χ4v) is 1.90. The first kappa shape index (κ1) is 11.0. The van der Waals surface area contributed by atoms with Gasteiger partial charge in [-0.25, -0.2) is 0 Å². The van der Waals surface area contributed by atoms with Gasteiger partial charge >= 0.3 is 0 Å². The first-order valence-corrected chi connectivity index (χ1v) is 5.38. The Morgan fingerprint density at radius 3 is 2.50 bits per heavy atom. The van der Waals surface area contributed by atoms with Crippen LogP contribution in [-0.2, 0) is 0 Å². The average molecular weight is 284 g/mol. The topological polar surface area (TPSA) is 44.5 Å². The Labute approximate surface area is 101 Å². The number of benzene rings is 1. The number of ether oxygens (including phenoxy) is 2. The first-order chi connectivity index (χ1) is 7.76. The van der Waals surface area contributed by atoms with E-state index in [1.807, 2.05) is 12.1 Å². The van der Waals surface area contributed by atoms with Crippen LogP contribution in [0.15, 0.2) is 33.5 Å². The number of hydrogen-bond acceptors (Lipinski definition) is 4. The summed E-state index contributed by atoms with van der Waals surface area (Å²) in [5.74, 6) is 1.43. The van der Waals surface area contributed by atoms with E-state index >= 15 is 0 Å². The molecule has 0 aliphatic heterocycles. The fraction of sp³-hybridized carbons (Fsp3) is 0.182. The molecule has 0 spiro atoms. The van der Waals surface area contributed by atoms with Gasteiger partial charge in [-0.1, -0.05) is 5.16 Å². The van der Waals surface area contributed by atoms with Crippen LogP contribution in [0, 0.1) is 0 Å². The van der Waals surface area contributed by atoms with Crippen LogP contribution >= 0.6 is 15.9 Å². The van der Waals surface area contributed by atoms with E-state index in [4.69, 9.17) is 14.0 Å². The second-order valence-electron chi connectivity index (χ2n) is 3.07. The molecule has 0 amide bonds. The molecular formula is C11H10BrNO3. The van der Waals surface area contributed by atoms with Crippen molar-refractivity contribution >= 4 is 15.9 Å². The van der Waals surface area contributed by atoms with Crippen molar-refractivity contribution in [3.05, 3.63) is 28.9 Å². The maximum atomic E-state index is 5.28. The van der Waals surface area contributed by atoms with Gasteiger partial charge in [-0.2, -0.15) is 0 Å². The Balaban J connectivity index is 2.58. The predicted molar refractivity (Wildman–Crippen MR) is 62.7 cm³/mol. The molecule has 5 heteroatoms. The van der Waals surface area contributed by atoms with Crippen molar-refractivity contribution in [1.82, 2.24) is 5.16 Å². The Bertz CT molecular complexity index is 482. The second-order valence-corrected chi connectivity index (χ2v) is 3.93. The van der Waals surface area contributed by atoms with Crippen molar-refractivity contribution in [3.8, 4) is 22.8 Å². The lowest BCUT2D eigenvalue weighted by atomic mass is 10.1. The molecule has 0 aliphatic carbocycles. The molecule has 0 N–H and O–H groups in total. The zero-order chi connectivity index (χ0) is 11.5. The maximum absolute atomic E-state index is 5.28. The van der Waals surface area contributed by atoms with E-state index in [2.05, 4.69) is 21.1 Å². The number of rotatable bonds is 3. The molecule has 0 saturated heterocycles. The smallest absolute Gasteiger partial charge is 0.133 e. The van der Waals surface area contributed by atoms with Crippen LogP contribution in [0.3, 0.4) is 0 Å². The van der Waals surface area contributed by atoms with E-state index in [1.165, 1.54) is 6.26 Å². The Kier molecular flexibility index (Phi) is 3.14. The van der Waals surface area contributed by atoms with E-state index in [0.717, 1.165) is 15.8 Å². The van der Waals surface area contributed by atoms with Crippen molar-refractivity contribution in [2.45, 2.75) is 0 Å². The molecule has 0 atom stereocenters. The SMILES string of the molecule is COc1cc(-c2ccon2)c(OC)cc1Br. The van der Waals surface area contributed by atoms with Gasteiger partial charge in [0.25, 0.3) is 0 Å². The molecule has 1 aromatic carbocycles. The summed E-state index contributed by atoms with van der Waals surface area (Å²) in [6.07, 6.45) is 1.52. The zero-order valence-electron chi connectivity index (χ0n) is 8.86. The molecule has 0 radical (unpaired) electrons. The summed E-state index contributed by atoms with van der Waals surface area (Å²) in [4.78, 5) is 0. The van der Waals surface area contributed by atoms with Gasteiger partial charge in [0.05, 0.1) is 18.7 Å².